The maximum absolute atomic E-state index is 13.6. The summed E-state index contributed by atoms with van der Waals surface area (Å²) in [5, 5.41) is 11.5. The SMILES string of the molecule is COC(=O)[C@@]1(O[C@@H]2C[C@](OC)(C(=O)OC)O[C@H](C3COC(=O)O3)[C@@H]2O)C[C@@H](OC(C)=O)[C@@H](OC(C)=O)[C@@H]([C@@H](COC(C)=O)OC(C)=O)O1. The topological polar surface area (TPSA) is 250 Å². The average molecular weight is 695 g/mol. The quantitative estimate of drug-likeness (QED) is 0.182. The van der Waals surface area contributed by atoms with E-state index in [-0.39, 0.29) is 0 Å². The van der Waals surface area contributed by atoms with Crippen molar-refractivity contribution in [2.45, 2.75) is 101 Å². The molecule has 3 saturated heterocycles. The molecule has 3 heterocycles. The predicted molar refractivity (Wildman–Crippen MR) is 146 cm³/mol. The van der Waals surface area contributed by atoms with Crippen LogP contribution in [0.5, 0.6) is 0 Å². The molecule has 0 aromatic rings. The molecule has 20 heteroatoms. The van der Waals surface area contributed by atoms with Crippen LogP contribution in [0.15, 0.2) is 0 Å². The third-order valence-electron chi connectivity index (χ3n) is 7.40. The van der Waals surface area contributed by atoms with Crippen molar-refractivity contribution in [2.24, 2.45) is 0 Å². The molecule has 3 rings (SSSR count). The van der Waals surface area contributed by atoms with Gasteiger partial charge in [0.1, 0.15) is 37.6 Å². The van der Waals surface area contributed by atoms with E-state index < -0.39 is 128 Å². The highest BCUT2D eigenvalue weighted by atomic mass is 16.8. The lowest BCUT2D eigenvalue weighted by molar-refractivity contribution is -0.371. The van der Waals surface area contributed by atoms with Gasteiger partial charge in [0.2, 0.25) is 0 Å². The number of cyclic esters (lactones) is 2. The third kappa shape index (κ3) is 8.67. The number of aliphatic hydroxyl groups excluding tert-OH is 1. The first-order chi connectivity index (χ1) is 22.5. The molecule has 1 N–H and O–H groups in total. The Morgan fingerprint density at radius 1 is 0.833 bits per heavy atom. The fourth-order valence-electron chi connectivity index (χ4n) is 5.48. The fraction of sp³-hybridized carbons (Fsp3) is 0.750. The summed E-state index contributed by atoms with van der Waals surface area (Å²) in [6.45, 7) is 2.97. The second kappa shape index (κ2) is 15.9. The van der Waals surface area contributed by atoms with Gasteiger partial charge >= 0.3 is 42.0 Å². The van der Waals surface area contributed by atoms with Crippen molar-refractivity contribution in [2.75, 3.05) is 34.5 Å². The monoisotopic (exact) mass is 694 g/mol. The van der Waals surface area contributed by atoms with E-state index in [0.29, 0.717) is 0 Å². The van der Waals surface area contributed by atoms with Gasteiger partial charge in [-0.05, 0) is 0 Å². The zero-order chi connectivity index (χ0) is 36.0. The van der Waals surface area contributed by atoms with Crippen molar-refractivity contribution < 1.29 is 95.5 Å². The maximum atomic E-state index is 13.6. The molecule has 3 fully saturated rings. The Bertz CT molecular complexity index is 1250. The van der Waals surface area contributed by atoms with Gasteiger partial charge in [-0.15, -0.1) is 0 Å². The number of aliphatic hydroxyl groups is 1. The molecule has 0 saturated carbocycles. The molecule has 0 aromatic carbocycles. The normalized spacial score (nSPS) is 33.6. The Balaban J connectivity index is 2.18. The first-order valence-electron chi connectivity index (χ1n) is 14.4. The van der Waals surface area contributed by atoms with Crippen molar-refractivity contribution in [3.8, 4) is 0 Å². The largest absolute Gasteiger partial charge is 0.508 e. The van der Waals surface area contributed by atoms with Gasteiger partial charge in [-0.2, -0.15) is 0 Å². The van der Waals surface area contributed by atoms with Crippen molar-refractivity contribution >= 4 is 42.0 Å². The summed E-state index contributed by atoms with van der Waals surface area (Å²) < 4.78 is 64.3. The van der Waals surface area contributed by atoms with Crippen molar-refractivity contribution in [1.29, 1.82) is 0 Å². The lowest BCUT2D eigenvalue weighted by Crippen LogP contribution is -2.68. The van der Waals surface area contributed by atoms with Crippen LogP contribution >= 0.6 is 0 Å². The Labute approximate surface area is 273 Å². The summed E-state index contributed by atoms with van der Waals surface area (Å²) >= 11 is 0. The standard InChI is InChI=1S/C28H38O20/c1-12(29)40-10-19(43-14(3)31)23-22(44-15(4)32)17(42-13(2)30)9-28(48-23,25(35)38-6)46-16-8-27(39-7,24(34)37-5)47-21(20(16)33)18-11-41-26(36)45-18/h16-23,33H,8-11H2,1-7H3/t16-,17-,18?,19-,20-,21-,22-,23-,27-,28-/m1/s1. The van der Waals surface area contributed by atoms with Gasteiger partial charge in [-0.1, -0.05) is 0 Å². The van der Waals surface area contributed by atoms with Crippen LogP contribution in [-0.4, -0.2) is 142 Å². The van der Waals surface area contributed by atoms with E-state index in [9.17, 15) is 38.7 Å². The van der Waals surface area contributed by atoms with Crippen molar-refractivity contribution in [3.05, 3.63) is 0 Å². The zero-order valence-corrected chi connectivity index (χ0v) is 27.2. The molecule has 1 unspecified atom stereocenters. The highest BCUT2D eigenvalue weighted by molar-refractivity contribution is 5.79. The lowest BCUT2D eigenvalue weighted by atomic mass is 9.89. The smallest absolute Gasteiger partial charge is 0.465 e. The van der Waals surface area contributed by atoms with E-state index in [1.165, 1.54) is 0 Å². The Kier molecular flexibility index (Phi) is 12.7. The fourth-order valence-corrected chi connectivity index (χ4v) is 5.48. The highest BCUT2D eigenvalue weighted by Gasteiger charge is 2.63. The van der Waals surface area contributed by atoms with E-state index >= 15 is 0 Å². The number of methoxy groups -OCH3 is 3. The van der Waals surface area contributed by atoms with Gasteiger partial charge in [0, 0.05) is 41.2 Å². The second-order valence-electron chi connectivity index (χ2n) is 10.8. The number of hydrogen-bond acceptors (Lipinski definition) is 20. The van der Waals surface area contributed by atoms with Gasteiger partial charge in [0.05, 0.1) is 26.7 Å². The van der Waals surface area contributed by atoms with Gasteiger partial charge in [-0.3, -0.25) is 19.2 Å². The molecule has 3 aliphatic rings. The van der Waals surface area contributed by atoms with Crippen LogP contribution < -0.4 is 0 Å². The number of esters is 6. The molecule has 3 aliphatic heterocycles. The van der Waals surface area contributed by atoms with E-state index in [1.807, 2.05) is 0 Å². The summed E-state index contributed by atoms with van der Waals surface area (Å²) in [6, 6.07) is 0. The summed E-state index contributed by atoms with van der Waals surface area (Å²) in [7, 11) is 3.03. The summed E-state index contributed by atoms with van der Waals surface area (Å²) in [6.07, 6.45) is -15.6. The number of carbonyl (C=O) groups is 7. The Hall–Kier alpha value is -4.11. The minimum Gasteiger partial charge on any atom is -0.465 e. The molecule has 0 aromatic heterocycles. The number of rotatable bonds is 12. The average Bonchev–Trinajstić information content (AvgIpc) is 3.45. The van der Waals surface area contributed by atoms with E-state index in [0.717, 1.165) is 49.0 Å². The highest BCUT2D eigenvalue weighted by Crippen LogP contribution is 2.42. The molecule has 10 atom stereocenters. The van der Waals surface area contributed by atoms with Gasteiger partial charge in [-0.25, -0.2) is 14.4 Å². The molecule has 270 valence electrons. The number of ether oxygens (including phenoxy) is 12. The molecule has 20 nitrogen and oxygen atoms in total. The van der Waals surface area contributed by atoms with Gasteiger partial charge in [0.25, 0.3) is 11.6 Å². The van der Waals surface area contributed by atoms with E-state index in [4.69, 9.17) is 56.8 Å². The van der Waals surface area contributed by atoms with Crippen molar-refractivity contribution in [1.82, 2.24) is 0 Å². The lowest BCUT2D eigenvalue weighted by Gasteiger charge is -2.50. The summed E-state index contributed by atoms with van der Waals surface area (Å²) in [5.41, 5.74) is 0. The molecular weight excluding hydrogens is 656 g/mol. The first kappa shape index (κ1) is 38.3. The van der Waals surface area contributed by atoms with Gasteiger partial charge in [0.15, 0.2) is 18.3 Å². The number of hydrogen-bond donors (Lipinski definition) is 1. The minimum absolute atomic E-state index is 0.423. The zero-order valence-electron chi connectivity index (χ0n) is 27.2. The molecular formula is C28H38O20. The van der Waals surface area contributed by atoms with Crippen LogP contribution in [0.1, 0.15) is 40.5 Å². The first-order valence-corrected chi connectivity index (χ1v) is 14.4. The predicted octanol–water partition coefficient (Wildman–Crippen LogP) is -1.41. The van der Waals surface area contributed by atoms with Crippen LogP contribution in [0.4, 0.5) is 4.79 Å². The van der Waals surface area contributed by atoms with Crippen LogP contribution in [0.3, 0.4) is 0 Å². The van der Waals surface area contributed by atoms with E-state index in [1.54, 1.807) is 0 Å². The maximum Gasteiger partial charge on any atom is 0.508 e. The molecule has 0 aliphatic carbocycles. The third-order valence-corrected chi connectivity index (χ3v) is 7.40. The number of carbonyl (C=O) groups excluding carboxylic acids is 7. The Morgan fingerprint density at radius 3 is 1.94 bits per heavy atom. The molecule has 0 spiro atoms. The van der Waals surface area contributed by atoms with Crippen LogP contribution in [0.25, 0.3) is 0 Å². The Morgan fingerprint density at radius 2 is 1.44 bits per heavy atom. The van der Waals surface area contributed by atoms with E-state index in [2.05, 4.69) is 0 Å². The van der Waals surface area contributed by atoms with Crippen LogP contribution in [0, 0.1) is 0 Å². The van der Waals surface area contributed by atoms with Crippen LogP contribution in [-0.2, 0) is 85.6 Å². The summed E-state index contributed by atoms with van der Waals surface area (Å²) in [5.74, 6) is -11.0. The minimum atomic E-state index is -2.71. The van der Waals surface area contributed by atoms with Crippen LogP contribution in [0.2, 0.25) is 0 Å². The molecule has 48 heavy (non-hydrogen) atoms. The molecule has 0 bridgehead atoms. The second-order valence-corrected chi connectivity index (χ2v) is 10.8. The van der Waals surface area contributed by atoms with Gasteiger partial charge < -0.3 is 61.9 Å². The van der Waals surface area contributed by atoms with Crippen molar-refractivity contribution in [3.63, 3.8) is 0 Å². The molecule has 0 radical (unpaired) electrons. The molecule has 0 amide bonds. The summed E-state index contributed by atoms with van der Waals surface area (Å²) in [4.78, 5) is 86.7.